The number of methoxy groups -OCH3 is 2. The van der Waals surface area contributed by atoms with Gasteiger partial charge in [0.15, 0.2) is 5.70 Å². The van der Waals surface area contributed by atoms with E-state index in [4.69, 9.17) is 32.7 Å². The number of hydrogen-bond donors (Lipinski definition) is 0. The molecule has 0 radical (unpaired) electrons. The normalized spacial score (nSPS) is 21.5. The first kappa shape index (κ1) is 19.7. The number of nitrogens with zero attached hydrogens (tertiary/aromatic N) is 2. The van der Waals surface area contributed by atoms with Gasteiger partial charge in [-0.25, -0.2) is 14.6 Å². The number of benzene rings is 1. The predicted molar refractivity (Wildman–Crippen MR) is 97.6 cm³/mol. The highest BCUT2D eigenvalue weighted by Crippen LogP contribution is 2.51. The molecule has 2 heterocycles. The van der Waals surface area contributed by atoms with E-state index in [-0.39, 0.29) is 23.6 Å². The van der Waals surface area contributed by atoms with Crippen LogP contribution in [0.2, 0.25) is 10.0 Å². The van der Waals surface area contributed by atoms with Crippen molar-refractivity contribution >= 4 is 41.0 Å². The molecule has 0 bridgehead atoms. The molecule has 0 aliphatic carbocycles. The van der Waals surface area contributed by atoms with Crippen molar-refractivity contribution in [3.8, 4) is 0 Å². The van der Waals surface area contributed by atoms with Crippen molar-refractivity contribution < 1.29 is 23.9 Å². The van der Waals surface area contributed by atoms with Crippen molar-refractivity contribution in [2.24, 2.45) is 0 Å². The van der Waals surface area contributed by atoms with Crippen molar-refractivity contribution in [2.45, 2.75) is 31.8 Å². The molecule has 3 rings (SSSR count). The number of amides is 1. The fourth-order valence-electron chi connectivity index (χ4n) is 3.60. The van der Waals surface area contributed by atoms with Gasteiger partial charge in [0.25, 0.3) is 0 Å². The molecule has 1 saturated heterocycles. The van der Waals surface area contributed by atoms with Crippen LogP contribution in [0.1, 0.15) is 31.9 Å². The summed E-state index contributed by atoms with van der Waals surface area (Å²) in [6.07, 6.45) is 0.156. The first-order valence-corrected chi connectivity index (χ1v) is 8.87. The minimum atomic E-state index is -0.808. The molecule has 1 amide bonds. The average Bonchev–Trinajstić information content (AvgIpc) is 3.07. The molecule has 1 aromatic rings. The summed E-state index contributed by atoms with van der Waals surface area (Å²) >= 11 is 12.4. The molecule has 1 atom stereocenters. The zero-order valence-electron chi connectivity index (χ0n) is 15.2. The van der Waals surface area contributed by atoms with E-state index in [0.29, 0.717) is 15.6 Å². The second-order valence-electron chi connectivity index (χ2n) is 6.85. The smallest absolute Gasteiger partial charge is 0.356 e. The maximum absolute atomic E-state index is 12.7. The van der Waals surface area contributed by atoms with Gasteiger partial charge in [-0.05, 0) is 31.5 Å². The van der Waals surface area contributed by atoms with Crippen LogP contribution in [0.5, 0.6) is 0 Å². The minimum absolute atomic E-state index is 0.00491. The zero-order valence-corrected chi connectivity index (χ0v) is 16.7. The number of carbonyl (C=O) groups excluding carboxylic acids is 3. The summed E-state index contributed by atoms with van der Waals surface area (Å²) in [5.74, 6) is -1.88. The SMILES string of the molecule is COC(=O)C1=C(C(=O)OC)N2C(=O)CC(C)(C)N2C1c1ccc(Cl)cc1Cl. The quantitative estimate of drug-likeness (QED) is 0.710. The Morgan fingerprint density at radius 1 is 1.15 bits per heavy atom. The van der Waals surface area contributed by atoms with Crippen LogP contribution in [0, 0.1) is 0 Å². The molecular formula is C18H18Cl2N2O5. The number of hydrazine groups is 1. The fourth-order valence-corrected chi connectivity index (χ4v) is 4.11. The van der Waals surface area contributed by atoms with Gasteiger partial charge in [0, 0.05) is 22.0 Å². The Labute approximate surface area is 166 Å². The fraction of sp³-hybridized carbons (Fsp3) is 0.389. The van der Waals surface area contributed by atoms with E-state index in [2.05, 4.69) is 0 Å². The van der Waals surface area contributed by atoms with Crippen LogP contribution >= 0.6 is 23.2 Å². The lowest BCUT2D eigenvalue weighted by Crippen LogP contribution is -2.45. The van der Waals surface area contributed by atoms with Gasteiger partial charge < -0.3 is 9.47 Å². The molecule has 0 N–H and O–H groups in total. The second kappa shape index (κ2) is 6.82. The van der Waals surface area contributed by atoms with Gasteiger partial charge in [-0.1, -0.05) is 29.3 Å². The van der Waals surface area contributed by atoms with Crippen LogP contribution < -0.4 is 0 Å². The molecule has 9 heteroatoms. The van der Waals surface area contributed by atoms with Crippen LogP contribution in [-0.4, -0.2) is 47.6 Å². The highest BCUT2D eigenvalue weighted by atomic mass is 35.5. The highest BCUT2D eigenvalue weighted by molar-refractivity contribution is 6.35. The molecule has 2 aliphatic rings. The van der Waals surface area contributed by atoms with E-state index in [1.165, 1.54) is 19.2 Å². The topological polar surface area (TPSA) is 76.2 Å². The van der Waals surface area contributed by atoms with Crippen molar-refractivity contribution in [1.29, 1.82) is 0 Å². The molecule has 1 aromatic carbocycles. The molecule has 0 spiro atoms. The number of carbonyl (C=O) groups is 3. The van der Waals surface area contributed by atoms with Crippen LogP contribution in [0.4, 0.5) is 0 Å². The van der Waals surface area contributed by atoms with Gasteiger partial charge in [0.05, 0.1) is 25.8 Å². The number of rotatable bonds is 3. The summed E-state index contributed by atoms with van der Waals surface area (Å²) in [5, 5.41) is 3.60. The molecule has 1 unspecified atom stereocenters. The molecule has 0 saturated carbocycles. The van der Waals surface area contributed by atoms with Crippen molar-refractivity contribution in [1.82, 2.24) is 10.0 Å². The Morgan fingerprint density at radius 3 is 2.33 bits per heavy atom. The Bertz CT molecular complexity index is 881. The van der Waals surface area contributed by atoms with Gasteiger partial charge >= 0.3 is 11.9 Å². The van der Waals surface area contributed by atoms with E-state index >= 15 is 0 Å². The van der Waals surface area contributed by atoms with Crippen LogP contribution in [0.15, 0.2) is 29.5 Å². The third-order valence-corrected chi connectivity index (χ3v) is 5.24. The number of ether oxygens (including phenoxy) is 2. The summed E-state index contributed by atoms with van der Waals surface area (Å²) < 4.78 is 9.74. The third kappa shape index (κ3) is 2.99. The van der Waals surface area contributed by atoms with E-state index in [9.17, 15) is 14.4 Å². The third-order valence-electron chi connectivity index (χ3n) is 4.68. The highest BCUT2D eigenvalue weighted by Gasteiger charge is 2.58. The predicted octanol–water partition coefficient (Wildman–Crippen LogP) is 2.88. The van der Waals surface area contributed by atoms with Crippen LogP contribution in [0.3, 0.4) is 0 Å². The van der Waals surface area contributed by atoms with Crippen molar-refractivity contribution in [3.63, 3.8) is 0 Å². The van der Waals surface area contributed by atoms with E-state index in [0.717, 1.165) is 0 Å². The van der Waals surface area contributed by atoms with Gasteiger partial charge in [0.2, 0.25) is 5.91 Å². The van der Waals surface area contributed by atoms with E-state index in [1.54, 1.807) is 23.2 Å². The van der Waals surface area contributed by atoms with Crippen LogP contribution in [-0.2, 0) is 23.9 Å². The standard InChI is InChI=1S/C18H18Cl2N2O5/c1-18(2)8-12(23)21-15(17(25)27-4)13(16(24)26-3)14(22(18)21)10-6-5-9(19)7-11(10)20/h5-7,14H,8H2,1-4H3. The lowest BCUT2D eigenvalue weighted by Gasteiger charge is -2.37. The summed E-state index contributed by atoms with van der Waals surface area (Å²) in [6.45, 7) is 3.69. The van der Waals surface area contributed by atoms with Gasteiger partial charge in [-0.2, -0.15) is 5.01 Å². The number of halogens is 2. The van der Waals surface area contributed by atoms with Crippen molar-refractivity contribution in [3.05, 3.63) is 45.1 Å². The molecule has 7 nitrogen and oxygen atoms in total. The Balaban J connectivity index is 2.32. The number of fused-ring (bicyclic) bond motifs is 1. The monoisotopic (exact) mass is 412 g/mol. The van der Waals surface area contributed by atoms with E-state index in [1.807, 2.05) is 13.8 Å². The Morgan fingerprint density at radius 2 is 1.78 bits per heavy atom. The lowest BCUT2D eigenvalue weighted by molar-refractivity contribution is -0.147. The second-order valence-corrected chi connectivity index (χ2v) is 7.70. The number of hydrogen-bond acceptors (Lipinski definition) is 6. The Hall–Kier alpha value is -2.09. The minimum Gasteiger partial charge on any atom is -0.466 e. The molecular weight excluding hydrogens is 395 g/mol. The molecule has 0 aromatic heterocycles. The molecule has 144 valence electrons. The van der Waals surface area contributed by atoms with E-state index < -0.39 is 23.5 Å². The summed E-state index contributed by atoms with van der Waals surface area (Å²) in [6, 6.07) is 4.02. The van der Waals surface area contributed by atoms with Crippen molar-refractivity contribution in [2.75, 3.05) is 14.2 Å². The summed E-state index contributed by atoms with van der Waals surface area (Å²) in [7, 11) is 2.39. The maximum Gasteiger partial charge on any atom is 0.356 e. The Kier molecular flexibility index (Phi) is 4.96. The maximum atomic E-state index is 12.7. The lowest BCUT2D eigenvalue weighted by atomic mass is 9.92. The van der Waals surface area contributed by atoms with Gasteiger partial charge in [-0.15, -0.1) is 0 Å². The number of esters is 2. The molecule has 1 fully saturated rings. The van der Waals surface area contributed by atoms with Gasteiger partial charge in [-0.3, -0.25) is 4.79 Å². The summed E-state index contributed by atoms with van der Waals surface area (Å²) in [4.78, 5) is 37.8. The first-order chi connectivity index (χ1) is 12.6. The zero-order chi connectivity index (χ0) is 20.1. The molecule has 27 heavy (non-hydrogen) atoms. The molecule has 2 aliphatic heterocycles. The first-order valence-electron chi connectivity index (χ1n) is 8.12. The van der Waals surface area contributed by atoms with Crippen LogP contribution in [0.25, 0.3) is 0 Å². The largest absolute Gasteiger partial charge is 0.466 e. The average molecular weight is 413 g/mol. The van der Waals surface area contributed by atoms with Gasteiger partial charge in [0.1, 0.15) is 0 Å². The summed E-state index contributed by atoms with van der Waals surface area (Å²) in [5.41, 5.74) is -0.321.